The van der Waals surface area contributed by atoms with Gasteiger partial charge in [-0.15, -0.1) is 0 Å². The first-order valence-corrected chi connectivity index (χ1v) is 12.9. The number of carbonyl (C=O) groups excluding carboxylic acids is 2. The number of aliphatic hydroxyl groups is 1. The molecule has 2 saturated carbocycles. The highest BCUT2D eigenvalue weighted by molar-refractivity contribution is 5.91. The fourth-order valence-corrected chi connectivity index (χ4v) is 5.57. The second-order valence-corrected chi connectivity index (χ2v) is 10.1. The number of aliphatic hydroxyl groups excluding tert-OH is 1. The summed E-state index contributed by atoms with van der Waals surface area (Å²) >= 11 is 0. The van der Waals surface area contributed by atoms with Gasteiger partial charge in [0.15, 0.2) is 5.78 Å². The van der Waals surface area contributed by atoms with Crippen molar-refractivity contribution in [3.63, 3.8) is 0 Å². The van der Waals surface area contributed by atoms with Crippen molar-refractivity contribution in [2.45, 2.75) is 63.6 Å². The average Bonchev–Trinajstić information content (AvgIpc) is 3.16. The van der Waals surface area contributed by atoms with E-state index in [9.17, 15) is 24.6 Å². The number of ketones is 1. The van der Waals surface area contributed by atoms with Crippen LogP contribution in [-0.2, 0) is 14.3 Å². The molecule has 36 heavy (non-hydrogen) atoms. The predicted octanol–water partition coefficient (Wildman–Crippen LogP) is 5.45. The Balaban J connectivity index is 1.44. The highest BCUT2D eigenvalue weighted by Crippen LogP contribution is 2.38. The zero-order chi connectivity index (χ0) is 25.5. The Bertz CT molecular complexity index is 1070. The molecule has 0 amide bonds. The third-order valence-electron chi connectivity index (χ3n) is 7.51. The molecule has 2 aliphatic carbocycles. The summed E-state index contributed by atoms with van der Waals surface area (Å²) in [6.07, 6.45) is 7.54. The van der Waals surface area contributed by atoms with Crippen LogP contribution in [0.15, 0.2) is 66.7 Å². The maximum Gasteiger partial charge on any atom is 0.338 e. The lowest BCUT2D eigenvalue weighted by Crippen LogP contribution is -2.26. The number of allylic oxidation sites excluding steroid dienone is 1. The number of esters is 1. The van der Waals surface area contributed by atoms with E-state index in [2.05, 4.69) is 0 Å². The van der Waals surface area contributed by atoms with Gasteiger partial charge in [0, 0.05) is 24.7 Å². The van der Waals surface area contributed by atoms with E-state index in [1.54, 1.807) is 18.2 Å². The van der Waals surface area contributed by atoms with Crippen molar-refractivity contribution in [1.82, 2.24) is 0 Å². The molecule has 2 fully saturated rings. The largest absolute Gasteiger partial charge is 0.481 e. The van der Waals surface area contributed by atoms with E-state index >= 15 is 0 Å². The molecule has 190 valence electrons. The van der Waals surface area contributed by atoms with Crippen molar-refractivity contribution in [3.8, 4) is 11.1 Å². The Morgan fingerprint density at radius 1 is 0.889 bits per heavy atom. The first-order chi connectivity index (χ1) is 17.4. The summed E-state index contributed by atoms with van der Waals surface area (Å²) in [5.41, 5.74) is 2.39. The zero-order valence-electron chi connectivity index (χ0n) is 20.4. The Kier molecular flexibility index (Phi) is 8.70. The van der Waals surface area contributed by atoms with Gasteiger partial charge in [-0.3, -0.25) is 9.59 Å². The minimum Gasteiger partial charge on any atom is -0.481 e. The van der Waals surface area contributed by atoms with Gasteiger partial charge in [-0.2, -0.15) is 0 Å². The zero-order valence-corrected chi connectivity index (χ0v) is 20.4. The van der Waals surface area contributed by atoms with Gasteiger partial charge in [0.1, 0.15) is 6.10 Å². The summed E-state index contributed by atoms with van der Waals surface area (Å²) in [6, 6.07) is 16.9. The number of aliphatic carboxylic acids is 1. The highest BCUT2D eigenvalue weighted by Gasteiger charge is 2.44. The molecule has 6 nitrogen and oxygen atoms in total. The van der Waals surface area contributed by atoms with Crippen LogP contribution in [0.2, 0.25) is 0 Å². The molecule has 4 rings (SSSR count). The number of hydrogen-bond donors (Lipinski definition) is 2. The van der Waals surface area contributed by atoms with Gasteiger partial charge >= 0.3 is 11.9 Å². The van der Waals surface area contributed by atoms with Crippen LogP contribution in [0.4, 0.5) is 0 Å². The van der Waals surface area contributed by atoms with Crippen LogP contribution in [0.3, 0.4) is 0 Å². The van der Waals surface area contributed by atoms with E-state index < -0.39 is 36.0 Å². The van der Waals surface area contributed by atoms with E-state index in [0.717, 1.165) is 36.8 Å². The Morgan fingerprint density at radius 2 is 1.56 bits per heavy atom. The molecule has 0 saturated heterocycles. The molecule has 0 aliphatic heterocycles. The topological polar surface area (TPSA) is 101 Å². The van der Waals surface area contributed by atoms with Gasteiger partial charge in [0.2, 0.25) is 0 Å². The van der Waals surface area contributed by atoms with Gasteiger partial charge in [0.25, 0.3) is 0 Å². The van der Waals surface area contributed by atoms with Crippen molar-refractivity contribution in [1.29, 1.82) is 0 Å². The lowest BCUT2D eigenvalue weighted by molar-refractivity contribution is -0.139. The van der Waals surface area contributed by atoms with E-state index in [1.165, 1.54) is 12.5 Å². The number of hydrogen-bond acceptors (Lipinski definition) is 5. The van der Waals surface area contributed by atoms with Crippen molar-refractivity contribution in [2.75, 3.05) is 0 Å². The summed E-state index contributed by atoms with van der Waals surface area (Å²) in [6.45, 7) is 0. The van der Waals surface area contributed by atoms with E-state index in [4.69, 9.17) is 4.74 Å². The second-order valence-electron chi connectivity index (χ2n) is 10.1. The SMILES string of the molecule is O=C(O)C[C@@H]1[C@@H](C=CC(=O)CC2CCCCC2)[C@H](OC(=O)c2ccc(-c3ccccc3)cc2)C[C@@H]1O. The lowest BCUT2D eigenvalue weighted by atomic mass is 9.85. The number of carboxylic acids is 1. The predicted molar refractivity (Wildman–Crippen MR) is 136 cm³/mol. The van der Waals surface area contributed by atoms with Crippen LogP contribution >= 0.6 is 0 Å². The molecule has 0 bridgehead atoms. The Hall–Kier alpha value is -3.25. The van der Waals surface area contributed by atoms with Crippen molar-refractivity contribution in [2.24, 2.45) is 17.8 Å². The normalized spacial score (nSPS) is 24.6. The number of rotatable bonds is 9. The van der Waals surface area contributed by atoms with Gasteiger partial charge < -0.3 is 14.9 Å². The van der Waals surface area contributed by atoms with E-state index in [0.29, 0.717) is 17.9 Å². The van der Waals surface area contributed by atoms with Gasteiger partial charge in [-0.05, 0) is 35.3 Å². The number of carbonyl (C=O) groups is 3. The summed E-state index contributed by atoms with van der Waals surface area (Å²) in [7, 11) is 0. The maximum atomic E-state index is 12.9. The minimum atomic E-state index is -1.03. The summed E-state index contributed by atoms with van der Waals surface area (Å²) in [4.78, 5) is 37.0. The van der Waals surface area contributed by atoms with Crippen LogP contribution in [0.1, 0.15) is 61.7 Å². The molecule has 2 aromatic rings. The molecule has 0 spiro atoms. The summed E-state index contributed by atoms with van der Waals surface area (Å²) in [5.74, 6) is -2.34. The van der Waals surface area contributed by atoms with Gasteiger partial charge in [0.05, 0.1) is 18.1 Å². The monoisotopic (exact) mass is 490 g/mol. The Labute approximate surface area is 212 Å². The van der Waals surface area contributed by atoms with Crippen LogP contribution in [0, 0.1) is 17.8 Å². The third kappa shape index (κ3) is 6.70. The molecule has 2 aromatic carbocycles. The number of carboxylic acid groups (broad SMARTS) is 1. The molecule has 6 heteroatoms. The van der Waals surface area contributed by atoms with Crippen LogP contribution in [0.5, 0.6) is 0 Å². The quantitative estimate of drug-likeness (QED) is 0.358. The second kappa shape index (κ2) is 12.1. The molecular formula is C30H34O6. The smallest absolute Gasteiger partial charge is 0.338 e. The standard InChI is InChI=1S/C30H34O6/c31-24(17-20-7-3-1-4-8-20)15-16-25-26(18-29(33)34)27(32)19-28(25)36-30(35)23-13-11-22(12-14-23)21-9-5-2-6-10-21/h2,5-6,9-16,20,25-28,32H,1,3-4,7-8,17-19H2,(H,33,34)/t25-,26-,27+,28-/m1/s1. The van der Waals surface area contributed by atoms with E-state index in [-0.39, 0.29) is 18.6 Å². The van der Waals surface area contributed by atoms with Gasteiger partial charge in [-0.1, -0.05) is 80.6 Å². The maximum absolute atomic E-state index is 12.9. The molecule has 0 aromatic heterocycles. The summed E-state index contributed by atoms with van der Waals surface area (Å²) in [5, 5.41) is 19.9. The molecule has 0 heterocycles. The van der Waals surface area contributed by atoms with E-state index in [1.807, 2.05) is 42.5 Å². The molecule has 2 aliphatic rings. The molecule has 0 unspecified atom stereocenters. The first kappa shape index (κ1) is 25.8. The van der Waals surface area contributed by atoms with Crippen LogP contribution in [0.25, 0.3) is 11.1 Å². The van der Waals surface area contributed by atoms with Crippen LogP contribution in [-0.4, -0.2) is 40.1 Å². The molecule has 2 N–H and O–H groups in total. The molecule has 0 radical (unpaired) electrons. The van der Waals surface area contributed by atoms with Crippen molar-refractivity contribution >= 4 is 17.7 Å². The van der Waals surface area contributed by atoms with Crippen molar-refractivity contribution in [3.05, 3.63) is 72.3 Å². The number of benzene rings is 2. The highest BCUT2D eigenvalue weighted by atomic mass is 16.5. The molecule has 4 atom stereocenters. The van der Waals surface area contributed by atoms with Crippen molar-refractivity contribution < 1.29 is 29.3 Å². The lowest BCUT2D eigenvalue weighted by Gasteiger charge is -2.22. The molecular weight excluding hydrogens is 456 g/mol. The Morgan fingerprint density at radius 3 is 2.22 bits per heavy atom. The van der Waals surface area contributed by atoms with Gasteiger partial charge in [-0.25, -0.2) is 4.79 Å². The van der Waals surface area contributed by atoms with Crippen LogP contribution < -0.4 is 0 Å². The average molecular weight is 491 g/mol. The minimum absolute atomic E-state index is 0.000980. The first-order valence-electron chi connectivity index (χ1n) is 12.9. The third-order valence-corrected chi connectivity index (χ3v) is 7.51. The number of ether oxygens (including phenoxy) is 1. The fraction of sp³-hybridized carbons (Fsp3) is 0.433. The summed E-state index contributed by atoms with van der Waals surface area (Å²) < 4.78 is 5.77. The fourth-order valence-electron chi connectivity index (χ4n) is 5.57.